The quantitative estimate of drug-likeness (QED) is 0.239. The first-order valence-corrected chi connectivity index (χ1v) is 13.9. The lowest BCUT2D eigenvalue weighted by molar-refractivity contribution is -0.139. The van der Waals surface area contributed by atoms with Crippen molar-refractivity contribution >= 4 is 57.9 Å². The number of H-pyrrole nitrogens is 1. The molecule has 0 radical (unpaired) electrons. The molecule has 3 atom stereocenters. The van der Waals surface area contributed by atoms with Crippen LogP contribution in [0.2, 0.25) is 10.0 Å². The van der Waals surface area contributed by atoms with E-state index < -0.39 is 42.7 Å². The van der Waals surface area contributed by atoms with E-state index in [1.807, 2.05) is 6.07 Å². The summed E-state index contributed by atoms with van der Waals surface area (Å²) in [7, 11) is 0. The molecular formula is C27H28Cl2N6O7. The molecule has 6 N–H and O–H groups in total. The topological polar surface area (TPSA) is 188 Å². The van der Waals surface area contributed by atoms with Crippen molar-refractivity contribution in [3.8, 4) is 0 Å². The molecule has 0 aliphatic carbocycles. The van der Waals surface area contributed by atoms with Gasteiger partial charge in [0.05, 0.1) is 52.6 Å². The molecule has 1 aromatic heterocycles. The summed E-state index contributed by atoms with van der Waals surface area (Å²) in [6.07, 6.45) is 0.146. The Hall–Kier alpha value is -3.91. The number of urea groups is 1. The van der Waals surface area contributed by atoms with Crippen LogP contribution in [-0.4, -0.2) is 104 Å². The van der Waals surface area contributed by atoms with E-state index in [1.165, 1.54) is 4.90 Å². The van der Waals surface area contributed by atoms with Crippen molar-refractivity contribution in [3.63, 3.8) is 0 Å². The molecule has 222 valence electrons. The van der Waals surface area contributed by atoms with Gasteiger partial charge in [0.1, 0.15) is 6.04 Å². The third-order valence-electron chi connectivity index (χ3n) is 7.50. The molecule has 2 aliphatic rings. The van der Waals surface area contributed by atoms with Crippen LogP contribution in [0.25, 0.3) is 10.9 Å². The minimum absolute atomic E-state index is 0.0153. The Bertz CT molecular complexity index is 1560. The monoisotopic (exact) mass is 618 g/mol. The van der Waals surface area contributed by atoms with Crippen molar-refractivity contribution in [2.24, 2.45) is 0 Å². The number of aliphatic hydroxyl groups is 2. The lowest BCUT2D eigenvalue weighted by Crippen LogP contribution is -2.55. The standard InChI is InChI=1S/C27H28Cl2N6O7/c28-17-7-15-11-34(25(39)13-1-2-14-9-31-33-18(14)8-13)5-3-16(15)23(29)22(17)24(38)32-19(26(40)41)10-30-27(42)35-6-4-20(36)21(37)12-35/h1-2,7-9,19-21,36-37H,3-6,10-12H2,(H,30,42)(H,31,33)(H,32,38)(H,40,41)/t19-,20+,21-/m0/s1. The Morgan fingerprint density at radius 1 is 1.10 bits per heavy atom. The number of benzene rings is 2. The number of amides is 4. The number of hydrogen-bond donors (Lipinski definition) is 6. The first-order chi connectivity index (χ1) is 20.0. The van der Waals surface area contributed by atoms with Crippen molar-refractivity contribution in [1.82, 2.24) is 30.6 Å². The van der Waals surface area contributed by atoms with E-state index in [9.17, 15) is 34.5 Å². The number of fused-ring (bicyclic) bond motifs is 2. The number of aliphatic carboxylic acids is 1. The highest BCUT2D eigenvalue weighted by Gasteiger charge is 2.32. The highest BCUT2D eigenvalue weighted by atomic mass is 35.5. The minimum Gasteiger partial charge on any atom is -0.480 e. The van der Waals surface area contributed by atoms with Gasteiger partial charge in [0, 0.05) is 30.6 Å². The summed E-state index contributed by atoms with van der Waals surface area (Å²) in [6, 6.07) is 4.66. The summed E-state index contributed by atoms with van der Waals surface area (Å²) in [5, 5.41) is 41.6. The number of halogens is 2. The van der Waals surface area contributed by atoms with Crippen LogP contribution in [0.4, 0.5) is 4.79 Å². The van der Waals surface area contributed by atoms with Gasteiger partial charge in [-0.1, -0.05) is 29.3 Å². The van der Waals surface area contributed by atoms with Gasteiger partial charge in [0.25, 0.3) is 11.8 Å². The average Bonchev–Trinajstić information content (AvgIpc) is 3.43. The lowest BCUT2D eigenvalue weighted by atomic mass is 9.96. The first-order valence-electron chi connectivity index (χ1n) is 13.2. The third kappa shape index (κ3) is 6.00. The molecule has 4 amide bonds. The molecule has 42 heavy (non-hydrogen) atoms. The SMILES string of the molecule is O=C(N[C@@H](CNC(=O)N1CC[C@@H](O)[C@@H](O)C1)C(=O)O)c1c(Cl)cc2c(c1Cl)CCN(C(=O)c1ccc3cn[nH]c3c1)C2. The number of carbonyl (C=O) groups is 4. The summed E-state index contributed by atoms with van der Waals surface area (Å²) in [4.78, 5) is 53.6. The summed E-state index contributed by atoms with van der Waals surface area (Å²) in [5.41, 5.74) is 2.42. The van der Waals surface area contributed by atoms with Crippen molar-refractivity contribution in [2.75, 3.05) is 26.2 Å². The smallest absolute Gasteiger partial charge is 0.328 e. The minimum atomic E-state index is -1.51. The van der Waals surface area contributed by atoms with E-state index in [4.69, 9.17) is 23.2 Å². The highest BCUT2D eigenvalue weighted by molar-refractivity contribution is 6.40. The van der Waals surface area contributed by atoms with E-state index in [2.05, 4.69) is 20.8 Å². The zero-order chi connectivity index (χ0) is 30.1. The van der Waals surface area contributed by atoms with Crippen LogP contribution in [0.3, 0.4) is 0 Å². The first kappa shape index (κ1) is 29.6. The van der Waals surface area contributed by atoms with Crippen LogP contribution in [0.5, 0.6) is 0 Å². The normalized spacial score (nSPS) is 19.2. The van der Waals surface area contributed by atoms with Crippen LogP contribution in [0.15, 0.2) is 30.5 Å². The fourth-order valence-electron chi connectivity index (χ4n) is 5.12. The molecule has 2 aliphatic heterocycles. The van der Waals surface area contributed by atoms with Gasteiger partial charge in [-0.3, -0.25) is 14.7 Å². The zero-order valence-corrected chi connectivity index (χ0v) is 23.7. The number of carboxylic acid groups (broad SMARTS) is 1. The number of β-amino-alcohol motifs (C(OH)–C–C–N with tert-alkyl or cyclic N) is 1. The van der Waals surface area contributed by atoms with Crippen molar-refractivity contribution < 1.29 is 34.5 Å². The van der Waals surface area contributed by atoms with E-state index in [0.29, 0.717) is 29.7 Å². The molecule has 0 saturated carbocycles. The van der Waals surface area contributed by atoms with Crippen LogP contribution in [0.1, 0.15) is 38.3 Å². The molecule has 13 nitrogen and oxygen atoms in total. The Labute approximate surface area is 249 Å². The molecule has 15 heteroatoms. The summed E-state index contributed by atoms with van der Waals surface area (Å²) in [6.45, 7) is 0.164. The molecule has 2 aromatic carbocycles. The van der Waals surface area contributed by atoms with E-state index in [1.54, 1.807) is 29.3 Å². The van der Waals surface area contributed by atoms with Gasteiger partial charge in [0.15, 0.2) is 0 Å². The predicted molar refractivity (Wildman–Crippen MR) is 151 cm³/mol. The Kier molecular flexibility index (Phi) is 8.55. The molecule has 3 aromatic rings. The lowest BCUT2D eigenvalue weighted by Gasteiger charge is -2.33. The van der Waals surface area contributed by atoms with E-state index in [0.717, 1.165) is 10.9 Å². The number of aliphatic hydroxyl groups excluding tert-OH is 2. The maximum absolute atomic E-state index is 13.2. The largest absolute Gasteiger partial charge is 0.480 e. The number of hydrogen-bond acceptors (Lipinski definition) is 7. The molecule has 1 saturated heterocycles. The van der Waals surface area contributed by atoms with Gasteiger partial charge in [-0.15, -0.1) is 0 Å². The van der Waals surface area contributed by atoms with Gasteiger partial charge < -0.3 is 35.8 Å². The summed E-state index contributed by atoms with van der Waals surface area (Å²) >= 11 is 13.1. The third-order valence-corrected chi connectivity index (χ3v) is 8.22. The van der Waals surface area contributed by atoms with E-state index in [-0.39, 0.29) is 47.6 Å². The Morgan fingerprint density at radius 3 is 2.62 bits per heavy atom. The number of piperidine rings is 1. The molecule has 3 heterocycles. The second-order valence-electron chi connectivity index (χ2n) is 10.3. The highest BCUT2D eigenvalue weighted by Crippen LogP contribution is 2.35. The zero-order valence-electron chi connectivity index (χ0n) is 22.1. The van der Waals surface area contributed by atoms with Gasteiger partial charge in [0.2, 0.25) is 0 Å². The van der Waals surface area contributed by atoms with Crippen LogP contribution >= 0.6 is 23.2 Å². The maximum Gasteiger partial charge on any atom is 0.328 e. The second-order valence-corrected chi connectivity index (χ2v) is 11.0. The van der Waals surface area contributed by atoms with Crippen LogP contribution in [-0.2, 0) is 17.8 Å². The predicted octanol–water partition coefficient (Wildman–Crippen LogP) is 1.39. The molecular weight excluding hydrogens is 591 g/mol. The second kappa shape index (κ2) is 12.1. The van der Waals surface area contributed by atoms with Crippen molar-refractivity contribution in [1.29, 1.82) is 0 Å². The van der Waals surface area contributed by atoms with Crippen LogP contribution in [0, 0.1) is 0 Å². The van der Waals surface area contributed by atoms with Gasteiger partial charge in [-0.2, -0.15) is 5.10 Å². The van der Waals surface area contributed by atoms with Gasteiger partial charge in [-0.25, -0.2) is 9.59 Å². The number of carboxylic acids is 1. The summed E-state index contributed by atoms with van der Waals surface area (Å²) in [5.74, 6) is -2.42. The summed E-state index contributed by atoms with van der Waals surface area (Å²) < 4.78 is 0. The Balaban J connectivity index is 1.26. The van der Waals surface area contributed by atoms with Gasteiger partial charge in [-0.05, 0) is 42.2 Å². The fourth-order valence-corrected chi connectivity index (χ4v) is 5.89. The number of nitrogens with one attached hydrogen (secondary N) is 3. The molecule has 5 rings (SSSR count). The fraction of sp³-hybridized carbons (Fsp3) is 0.370. The average molecular weight is 619 g/mol. The number of rotatable bonds is 6. The molecule has 0 spiro atoms. The number of aromatic amines is 1. The molecule has 0 unspecified atom stereocenters. The number of nitrogens with zero attached hydrogens (tertiary/aromatic N) is 3. The van der Waals surface area contributed by atoms with E-state index >= 15 is 0 Å². The van der Waals surface area contributed by atoms with Crippen molar-refractivity contribution in [3.05, 3.63) is 62.8 Å². The number of likely N-dealkylation sites (tertiary alicyclic amines) is 1. The molecule has 1 fully saturated rings. The van der Waals surface area contributed by atoms with Crippen molar-refractivity contribution in [2.45, 2.75) is 37.6 Å². The number of carbonyl (C=O) groups excluding carboxylic acids is 3. The molecule has 0 bridgehead atoms. The Morgan fingerprint density at radius 2 is 1.88 bits per heavy atom. The van der Waals surface area contributed by atoms with Gasteiger partial charge >= 0.3 is 12.0 Å². The van der Waals surface area contributed by atoms with Crippen LogP contribution < -0.4 is 10.6 Å². The number of aromatic nitrogens is 2. The maximum atomic E-state index is 13.2.